The van der Waals surface area contributed by atoms with E-state index in [1.165, 1.54) is 0 Å². The highest BCUT2D eigenvalue weighted by Gasteiger charge is 2.10. The number of ether oxygens (including phenoxy) is 1. The minimum atomic E-state index is -0.412. The molecule has 0 unspecified atom stereocenters. The van der Waals surface area contributed by atoms with Crippen LogP contribution in [0.1, 0.15) is 16.1 Å². The maximum Gasteiger partial charge on any atom is 0.250 e. The van der Waals surface area contributed by atoms with Crippen LogP contribution in [-0.4, -0.2) is 10.5 Å². The molecule has 2 rings (SSSR count). The van der Waals surface area contributed by atoms with Gasteiger partial charge in [-0.05, 0) is 6.07 Å². The topological polar surface area (TPSA) is 57.2 Å². The number of hydrogen-bond acceptors (Lipinski definition) is 2. The monoisotopic (exact) mass is 164 g/mol. The second kappa shape index (κ2) is 2.41. The van der Waals surface area contributed by atoms with Gasteiger partial charge < -0.3 is 15.0 Å². The molecule has 1 aliphatic heterocycles. The van der Waals surface area contributed by atoms with Crippen LogP contribution >= 0.6 is 0 Å². The molecule has 4 heteroatoms. The molecule has 1 aliphatic rings. The van der Waals surface area contributed by atoms with E-state index in [2.05, 4.69) is 0 Å². The van der Waals surface area contributed by atoms with E-state index in [4.69, 9.17) is 10.5 Å². The smallest absolute Gasteiger partial charge is 0.250 e. The van der Waals surface area contributed by atoms with Gasteiger partial charge in [-0.2, -0.15) is 0 Å². The molecule has 12 heavy (non-hydrogen) atoms. The third-order valence-corrected chi connectivity index (χ3v) is 1.77. The van der Waals surface area contributed by atoms with E-state index in [1.54, 1.807) is 24.7 Å². The number of carbonyl (C=O) groups is 1. The lowest BCUT2D eigenvalue weighted by molar-refractivity contribution is 0.100. The van der Waals surface area contributed by atoms with Gasteiger partial charge in [0.15, 0.2) is 0 Å². The van der Waals surface area contributed by atoms with Crippen molar-refractivity contribution in [2.75, 3.05) is 0 Å². The molecular formula is C8H8N2O2. The zero-order chi connectivity index (χ0) is 8.55. The van der Waals surface area contributed by atoms with Gasteiger partial charge in [0.1, 0.15) is 12.9 Å². The van der Waals surface area contributed by atoms with Crippen LogP contribution in [0.4, 0.5) is 0 Å². The van der Waals surface area contributed by atoms with Crippen molar-refractivity contribution in [1.29, 1.82) is 0 Å². The molecule has 4 nitrogen and oxygen atoms in total. The molecule has 0 aliphatic carbocycles. The van der Waals surface area contributed by atoms with E-state index in [9.17, 15) is 4.79 Å². The first-order chi connectivity index (χ1) is 5.77. The molecule has 62 valence electrons. The largest absolute Gasteiger partial charge is 0.493 e. The van der Waals surface area contributed by atoms with E-state index >= 15 is 0 Å². The molecule has 0 atom stereocenters. The van der Waals surface area contributed by atoms with Crippen LogP contribution in [0.25, 0.3) is 6.20 Å². The predicted molar refractivity (Wildman–Crippen MR) is 43.1 cm³/mol. The average molecular weight is 164 g/mol. The van der Waals surface area contributed by atoms with Crippen LogP contribution in [0, 0.1) is 0 Å². The Hall–Kier alpha value is -1.71. The number of carbonyl (C=O) groups excluding carboxylic acids is 1. The Kier molecular flexibility index (Phi) is 1.40. The molecule has 1 amide bonds. The van der Waals surface area contributed by atoms with Crippen molar-refractivity contribution in [2.45, 2.75) is 6.61 Å². The molecule has 2 heterocycles. The molecule has 0 spiro atoms. The highest BCUT2D eigenvalue weighted by molar-refractivity contribution is 5.93. The number of fused-ring (bicyclic) bond motifs is 1. The fourth-order valence-corrected chi connectivity index (χ4v) is 1.16. The van der Waals surface area contributed by atoms with Crippen LogP contribution in [0.3, 0.4) is 0 Å². The van der Waals surface area contributed by atoms with Crippen LogP contribution in [0.5, 0.6) is 0 Å². The zero-order valence-corrected chi connectivity index (χ0v) is 6.36. The third kappa shape index (κ3) is 0.972. The Labute approximate surface area is 69.2 Å². The summed E-state index contributed by atoms with van der Waals surface area (Å²) in [5.41, 5.74) is 6.56. The molecule has 1 aromatic rings. The fraction of sp³-hybridized carbons (Fsp3) is 0.125. The third-order valence-electron chi connectivity index (χ3n) is 1.77. The van der Waals surface area contributed by atoms with Crippen molar-refractivity contribution in [3.8, 4) is 0 Å². The minimum absolute atomic E-state index is 0.412. The van der Waals surface area contributed by atoms with Crippen molar-refractivity contribution in [1.82, 2.24) is 4.57 Å². The van der Waals surface area contributed by atoms with Gasteiger partial charge in [-0.1, -0.05) is 0 Å². The first-order valence-electron chi connectivity index (χ1n) is 3.56. The number of primary amides is 1. The lowest BCUT2D eigenvalue weighted by Crippen LogP contribution is -2.09. The lowest BCUT2D eigenvalue weighted by Gasteiger charge is -2.08. The summed E-state index contributed by atoms with van der Waals surface area (Å²) in [6, 6.07) is 1.73. The average Bonchev–Trinajstić information content (AvgIpc) is 2.46. The van der Waals surface area contributed by atoms with E-state index < -0.39 is 5.91 Å². The molecule has 0 radical (unpaired) electrons. The summed E-state index contributed by atoms with van der Waals surface area (Å²) in [5.74, 6) is -0.412. The molecule has 0 saturated carbocycles. The fourth-order valence-electron chi connectivity index (χ4n) is 1.16. The highest BCUT2D eigenvalue weighted by Crippen LogP contribution is 2.13. The summed E-state index contributed by atoms with van der Waals surface area (Å²) in [6.45, 7) is 0.490. The Morgan fingerprint density at radius 1 is 1.67 bits per heavy atom. The quantitative estimate of drug-likeness (QED) is 0.658. The first-order valence-corrected chi connectivity index (χ1v) is 3.56. The minimum Gasteiger partial charge on any atom is -0.493 e. The van der Waals surface area contributed by atoms with E-state index in [-0.39, 0.29) is 0 Å². The Morgan fingerprint density at radius 3 is 3.17 bits per heavy atom. The van der Waals surface area contributed by atoms with E-state index in [1.807, 2.05) is 4.57 Å². The summed E-state index contributed by atoms with van der Waals surface area (Å²) in [6.07, 6.45) is 5.01. The standard InChI is InChI=1S/C8H8N2O2/c9-8(11)6-3-7-5-12-2-1-10(7)4-6/h1-4H,5H2,(H2,9,11). The number of hydrogen-bond donors (Lipinski definition) is 1. The van der Waals surface area contributed by atoms with Gasteiger partial charge in [-0.15, -0.1) is 0 Å². The van der Waals surface area contributed by atoms with E-state index in [0.29, 0.717) is 12.2 Å². The maximum atomic E-state index is 10.8. The first kappa shape index (κ1) is 6.97. The second-order valence-corrected chi connectivity index (χ2v) is 2.59. The van der Waals surface area contributed by atoms with Gasteiger partial charge in [0.05, 0.1) is 11.3 Å². The van der Waals surface area contributed by atoms with Gasteiger partial charge in [-0.25, -0.2) is 0 Å². The number of aromatic nitrogens is 1. The van der Waals surface area contributed by atoms with Crippen LogP contribution < -0.4 is 5.73 Å². The van der Waals surface area contributed by atoms with Crippen LogP contribution in [-0.2, 0) is 11.3 Å². The van der Waals surface area contributed by atoms with Crippen molar-refractivity contribution in [3.63, 3.8) is 0 Å². The molecule has 0 bridgehead atoms. The molecule has 2 N–H and O–H groups in total. The second-order valence-electron chi connectivity index (χ2n) is 2.59. The summed E-state index contributed by atoms with van der Waals surface area (Å²) >= 11 is 0. The van der Waals surface area contributed by atoms with Crippen molar-refractivity contribution >= 4 is 12.1 Å². The van der Waals surface area contributed by atoms with Crippen molar-refractivity contribution in [2.24, 2.45) is 5.73 Å². The van der Waals surface area contributed by atoms with Gasteiger partial charge in [0.25, 0.3) is 0 Å². The maximum absolute atomic E-state index is 10.8. The number of nitrogens with zero attached hydrogens (tertiary/aromatic N) is 1. The summed E-state index contributed by atoms with van der Waals surface area (Å²) in [5, 5.41) is 0. The van der Waals surface area contributed by atoms with Crippen molar-refractivity contribution in [3.05, 3.63) is 29.8 Å². The van der Waals surface area contributed by atoms with Gasteiger partial charge in [-0.3, -0.25) is 4.79 Å². The van der Waals surface area contributed by atoms with Gasteiger partial charge in [0, 0.05) is 12.4 Å². The summed E-state index contributed by atoms with van der Waals surface area (Å²) in [7, 11) is 0. The van der Waals surface area contributed by atoms with Crippen LogP contribution in [0.15, 0.2) is 18.5 Å². The lowest BCUT2D eigenvalue weighted by atomic mass is 10.3. The van der Waals surface area contributed by atoms with Gasteiger partial charge in [0.2, 0.25) is 5.91 Å². The zero-order valence-electron chi connectivity index (χ0n) is 6.36. The molecular weight excluding hydrogens is 156 g/mol. The molecule has 0 saturated heterocycles. The molecule has 0 aromatic carbocycles. The number of rotatable bonds is 1. The number of nitrogens with two attached hydrogens (primary N) is 1. The predicted octanol–water partition coefficient (Wildman–Crippen LogP) is 0.545. The van der Waals surface area contributed by atoms with E-state index in [0.717, 1.165) is 5.69 Å². The summed E-state index contributed by atoms with van der Waals surface area (Å²) in [4.78, 5) is 10.8. The highest BCUT2D eigenvalue weighted by atomic mass is 16.5. The number of amides is 1. The summed E-state index contributed by atoms with van der Waals surface area (Å²) < 4.78 is 6.86. The molecule has 0 fully saturated rings. The van der Waals surface area contributed by atoms with Crippen LogP contribution in [0.2, 0.25) is 0 Å². The Bertz CT molecular complexity index is 352. The Balaban J connectivity index is 2.46. The van der Waals surface area contributed by atoms with Crippen molar-refractivity contribution < 1.29 is 9.53 Å². The van der Waals surface area contributed by atoms with Gasteiger partial charge >= 0.3 is 0 Å². The SMILES string of the molecule is NC(=O)c1cc2n(c1)C=COC2. The normalized spacial score (nSPS) is 13.7. The molecule has 1 aromatic heterocycles. The Morgan fingerprint density at radius 2 is 2.50 bits per heavy atom.